The van der Waals surface area contributed by atoms with Crippen molar-refractivity contribution in [3.05, 3.63) is 0 Å². The van der Waals surface area contributed by atoms with E-state index in [-0.39, 0.29) is 0 Å². The van der Waals surface area contributed by atoms with Crippen molar-refractivity contribution < 1.29 is 57.5 Å². The highest BCUT2D eigenvalue weighted by Gasteiger charge is 2.27. The van der Waals surface area contributed by atoms with Crippen molar-refractivity contribution in [1.82, 2.24) is 0 Å². The summed E-state index contributed by atoms with van der Waals surface area (Å²) in [5.41, 5.74) is 0. The molecule has 0 aliphatic carbocycles. The van der Waals surface area contributed by atoms with Crippen LogP contribution in [0.2, 0.25) is 0 Å². The van der Waals surface area contributed by atoms with Gasteiger partial charge in [0, 0.05) is 0 Å². The molecule has 8 heterocycles. The molecule has 0 saturated heterocycles. The van der Waals surface area contributed by atoms with Gasteiger partial charge in [0.2, 0.25) is 67.3 Å². The monoisotopic (exact) mass is 2180 g/mol. The highest BCUT2D eigenvalue weighted by atomic mass is 32.3. The van der Waals surface area contributed by atoms with Crippen molar-refractivity contribution in [1.29, 1.82) is 0 Å². The second-order valence-electron chi connectivity index (χ2n) is 14.2. The van der Waals surface area contributed by atoms with Crippen molar-refractivity contribution in [3.8, 4) is 0 Å². The Morgan fingerprint density at radius 3 is 0.288 bits per heavy atom. The first-order valence-corrected chi connectivity index (χ1v) is 68.4. The molecule has 8 rings (SSSR count). The van der Waals surface area contributed by atoms with E-state index in [0.717, 1.165) is 0 Å². The third-order valence-electron chi connectivity index (χ3n) is 8.45. The van der Waals surface area contributed by atoms with Gasteiger partial charge >= 0.3 is 28.2 Å². The number of hydrogen-bond donors (Lipinski definition) is 0. The van der Waals surface area contributed by atoms with Gasteiger partial charge < -0.3 is 57.5 Å². The first-order chi connectivity index (χ1) is 49.4. The van der Waals surface area contributed by atoms with E-state index in [1.807, 2.05) is 464 Å². The minimum absolute atomic E-state index is 1.46. The summed E-state index contributed by atoms with van der Waals surface area (Å²) >= 11 is 74.9. The minimum Gasteiger partial charge on any atom is -0.867 e. The number of hydrogen-bond acceptors (Lipinski definition) is 40. The summed E-state index contributed by atoms with van der Waals surface area (Å²) in [6.07, 6.45) is 51.3. The van der Waals surface area contributed by atoms with Crippen molar-refractivity contribution in [2.45, 2.75) is 95.5 Å². The molecule has 8 aromatic rings. The molecule has 0 spiro atoms. The van der Waals surface area contributed by atoms with Gasteiger partial charge in [-0.05, 0) is 150 Å². The lowest BCUT2D eigenvalue weighted by Crippen LogP contribution is -2.39. The van der Waals surface area contributed by atoms with Crippen LogP contribution in [0.1, 0.15) is 0 Å². The van der Waals surface area contributed by atoms with Gasteiger partial charge in [0.25, 0.3) is 0 Å². The van der Waals surface area contributed by atoms with Gasteiger partial charge in [0.1, 0.15) is 211 Å². The topological polar surface area (TPSA) is 184 Å². The van der Waals surface area contributed by atoms with Crippen LogP contribution in [0.25, 0.3) is 0 Å². The van der Waals surface area contributed by atoms with Crippen LogP contribution >= 0.6 is 464 Å². The van der Waals surface area contributed by atoms with Gasteiger partial charge in [-0.2, -0.15) is 0 Å². The van der Waals surface area contributed by atoms with Gasteiger partial charge in [-0.25, -0.2) is 0 Å². The maximum atomic E-state index is 9.89. The van der Waals surface area contributed by atoms with E-state index in [2.05, 4.69) is 150 Å². The molecule has 0 saturated carbocycles. The molecule has 592 valence electrons. The van der Waals surface area contributed by atoms with Crippen molar-refractivity contribution >= 4 is 493 Å². The quantitative estimate of drug-likeness (QED) is 0.0240. The average molecular weight is 2180 g/mol. The predicted molar refractivity (Wildman–Crippen MR) is 523 cm³/mol. The molecule has 0 atom stereocenters. The summed E-state index contributed by atoms with van der Waals surface area (Å²) in [7, 11) is -12.7. The van der Waals surface area contributed by atoms with E-state index >= 15 is 0 Å². The summed E-state index contributed by atoms with van der Waals surface area (Å²) in [4.78, 5) is 0. The zero-order valence-electron chi connectivity index (χ0n) is 59.4. The molecule has 8 nitrogen and oxygen atoms in total. The van der Waals surface area contributed by atoms with E-state index in [1.165, 1.54) is 95.5 Å². The number of thioether (sulfide) groups is 24. The van der Waals surface area contributed by atoms with Crippen molar-refractivity contribution in [3.63, 3.8) is 0 Å². The Morgan fingerprint density at radius 1 is 0.173 bits per heavy atom. The van der Waals surface area contributed by atoms with E-state index in [4.69, 9.17) is 40.2 Å². The van der Waals surface area contributed by atoms with Crippen molar-refractivity contribution in [2.75, 3.05) is 150 Å². The third-order valence-corrected chi connectivity index (χ3v) is 61.3. The fourth-order valence-corrected chi connectivity index (χ4v) is 52.2. The van der Waals surface area contributed by atoms with Gasteiger partial charge in [-0.3, -0.25) is 0 Å². The molecule has 0 aliphatic rings. The summed E-state index contributed by atoms with van der Waals surface area (Å²) in [6, 6.07) is 0. The Bertz CT molecular complexity index is 2530. The first kappa shape index (κ1) is 119. The molecule has 0 unspecified atom stereocenters. The lowest BCUT2D eigenvalue weighted by molar-refractivity contribution is -0.368. The Morgan fingerprint density at radius 2 is 0.250 bits per heavy atom. The zero-order chi connectivity index (χ0) is 80.5. The summed E-state index contributed by atoms with van der Waals surface area (Å²) in [5, 5.41) is 66.4. The fraction of sp³-hybridized carbons (Fsp3) is 0.500. The predicted octanol–water partition coefficient (Wildman–Crippen LogP) is 24.7. The molecular formula is C48H72B4F4O8S40. The molecule has 0 bridgehead atoms. The van der Waals surface area contributed by atoms with Gasteiger partial charge in [-0.1, -0.05) is 282 Å². The normalized spacial score (nSPS) is 9.88. The maximum absolute atomic E-state index is 9.89. The van der Waals surface area contributed by atoms with Gasteiger partial charge in [0.15, 0.2) is 0 Å². The standard InChI is InChI=1S/8C6H9S5.4BFO2/c8*1-7-4-5(8-2)11-6(9-3)10-4;4*2-1(3)4/h8*1-3H3;;;;/q8*+1;4*-2. The SMILES string of the molecule is CSc1sc(SC)c(SC)[s+]1.CSc1sc(SC)c(SC)[s+]1.CSc1sc(SC)c(SC)[s+]1.CSc1sc(SC)c(SC)[s+]1.CSc1sc(SC)c(SC)[s+]1.CSc1sc(SC)c(SC)[s+]1.CSc1sc(SC)c(SC)[s+]1.CSc1sc(SC)c(SC)[s+]1.[O-]B([O-])F.[O-]B([O-])F.[O-]B([O-])F.[O-]B([O-])F. The van der Waals surface area contributed by atoms with Crippen LogP contribution in [0, 0.1) is 0 Å². The van der Waals surface area contributed by atoms with Gasteiger partial charge in [0.05, 0.1) is 0 Å². The van der Waals surface area contributed by atoms with E-state index in [9.17, 15) is 17.3 Å². The molecule has 56 heteroatoms. The molecular weight excluding hydrogens is 2110 g/mol. The van der Waals surface area contributed by atoms with Crippen LogP contribution in [-0.2, 0) is 0 Å². The van der Waals surface area contributed by atoms with Crippen LogP contribution in [0.4, 0.5) is 17.3 Å². The molecule has 0 N–H and O–H groups in total. The van der Waals surface area contributed by atoms with E-state index in [0.29, 0.717) is 0 Å². The smallest absolute Gasteiger partial charge is 0.314 e. The molecule has 0 amide bonds. The fourth-order valence-electron chi connectivity index (χ4n) is 4.71. The zero-order valence-corrected chi connectivity index (χ0v) is 92.1. The summed E-state index contributed by atoms with van der Waals surface area (Å²) in [5.74, 6) is 0. The van der Waals surface area contributed by atoms with Crippen LogP contribution < -0.4 is 40.2 Å². The Kier molecular flexibility index (Phi) is 88.5. The number of rotatable bonds is 24. The molecule has 104 heavy (non-hydrogen) atoms. The number of halogens is 4. The highest BCUT2D eigenvalue weighted by molar-refractivity contribution is 8.12. The van der Waals surface area contributed by atoms with Crippen LogP contribution in [0.15, 0.2) is 95.5 Å². The second-order valence-corrected chi connectivity index (χ2v) is 60.5. The summed E-state index contributed by atoms with van der Waals surface area (Å²) < 4.78 is 74.6. The van der Waals surface area contributed by atoms with E-state index in [1.54, 1.807) is 0 Å². The molecule has 0 aromatic carbocycles. The second kappa shape index (κ2) is 77.5. The lowest BCUT2D eigenvalue weighted by Gasteiger charge is -2.09. The molecule has 8 aromatic heterocycles. The molecule has 0 radical (unpaired) electrons. The van der Waals surface area contributed by atoms with Crippen LogP contribution in [0.5, 0.6) is 0 Å². The molecule has 0 fully saturated rings. The van der Waals surface area contributed by atoms with Crippen molar-refractivity contribution in [2.24, 2.45) is 0 Å². The molecule has 0 aliphatic heterocycles. The third kappa shape index (κ3) is 56.9. The Balaban J connectivity index is -0.000000533. The highest BCUT2D eigenvalue weighted by Crippen LogP contribution is 2.50. The summed E-state index contributed by atoms with van der Waals surface area (Å²) in [6.45, 7) is 0. The Labute approximate surface area is 783 Å². The lowest BCUT2D eigenvalue weighted by atomic mass is 10.3. The average Bonchev–Trinajstić information content (AvgIpc) is 1.84. The maximum Gasteiger partial charge on any atom is 0.314 e. The largest absolute Gasteiger partial charge is 0.867 e. The van der Waals surface area contributed by atoms with Crippen LogP contribution in [0.3, 0.4) is 0 Å². The van der Waals surface area contributed by atoms with E-state index < -0.39 is 29.6 Å². The first-order valence-electron chi connectivity index (χ1n) is 26.0. The Hall–Kier alpha value is 8.46. The minimum atomic E-state index is -3.17. The van der Waals surface area contributed by atoms with Gasteiger partial charge in [-0.15, -0.1) is 0 Å². The van der Waals surface area contributed by atoms with Crippen LogP contribution in [-0.4, -0.2) is 180 Å².